The monoisotopic (exact) mass is 363 g/mol. The second kappa shape index (κ2) is 9.98. The van der Waals surface area contributed by atoms with Crippen molar-refractivity contribution in [3.63, 3.8) is 0 Å². The summed E-state index contributed by atoms with van der Waals surface area (Å²) in [6.07, 6.45) is 3.08. The van der Waals surface area contributed by atoms with Crippen LogP contribution < -0.4 is 14.8 Å². The van der Waals surface area contributed by atoms with Gasteiger partial charge in [0.25, 0.3) is 0 Å². The molecule has 0 bridgehead atoms. The first-order valence-electron chi connectivity index (χ1n) is 8.56. The number of carbonyl (C=O) groups excluding carboxylic acids is 1. The van der Waals surface area contributed by atoms with E-state index < -0.39 is 0 Å². The SMILES string of the molecule is CCC(CC)c1nnc(NC(=O)CCCOc2ccc(OC)cc2)s1. The molecule has 1 amide bonds. The van der Waals surface area contributed by atoms with Crippen molar-refractivity contribution in [3.05, 3.63) is 29.3 Å². The van der Waals surface area contributed by atoms with Crippen molar-refractivity contribution in [2.75, 3.05) is 19.0 Å². The van der Waals surface area contributed by atoms with E-state index in [-0.39, 0.29) is 5.91 Å². The van der Waals surface area contributed by atoms with E-state index in [2.05, 4.69) is 29.4 Å². The van der Waals surface area contributed by atoms with E-state index in [1.807, 2.05) is 24.3 Å². The number of anilines is 1. The molecule has 0 aliphatic rings. The van der Waals surface area contributed by atoms with Gasteiger partial charge in [-0.25, -0.2) is 0 Å². The predicted octanol–water partition coefficient (Wildman–Crippen LogP) is 4.25. The molecular formula is C18H25N3O3S. The molecular weight excluding hydrogens is 338 g/mol. The maximum Gasteiger partial charge on any atom is 0.226 e. The summed E-state index contributed by atoms with van der Waals surface area (Å²) in [4.78, 5) is 12.0. The Morgan fingerprint density at radius 3 is 2.48 bits per heavy atom. The molecule has 6 nitrogen and oxygen atoms in total. The number of nitrogens with zero attached hydrogens (tertiary/aromatic N) is 2. The number of aromatic nitrogens is 2. The zero-order chi connectivity index (χ0) is 18.1. The number of hydrogen-bond donors (Lipinski definition) is 1. The first kappa shape index (κ1) is 19.2. The Morgan fingerprint density at radius 2 is 1.84 bits per heavy atom. The van der Waals surface area contributed by atoms with Crippen LogP contribution in [-0.4, -0.2) is 29.8 Å². The lowest BCUT2D eigenvalue weighted by Crippen LogP contribution is -2.12. The summed E-state index contributed by atoms with van der Waals surface area (Å²) in [6.45, 7) is 4.75. The average Bonchev–Trinajstić information content (AvgIpc) is 3.08. The zero-order valence-corrected chi connectivity index (χ0v) is 15.8. The molecule has 0 spiro atoms. The summed E-state index contributed by atoms with van der Waals surface area (Å²) in [7, 11) is 1.63. The number of benzene rings is 1. The van der Waals surface area contributed by atoms with Gasteiger partial charge < -0.3 is 14.8 Å². The van der Waals surface area contributed by atoms with Crippen molar-refractivity contribution in [2.24, 2.45) is 0 Å². The molecule has 25 heavy (non-hydrogen) atoms. The maximum atomic E-state index is 12.0. The summed E-state index contributed by atoms with van der Waals surface area (Å²) in [5.41, 5.74) is 0. The molecule has 0 aliphatic heterocycles. The van der Waals surface area contributed by atoms with Gasteiger partial charge in [0.15, 0.2) is 0 Å². The standard InChI is InChI=1S/C18H25N3O3S/c1-4-13(5-2)17-20-21-18(25-17)19-16(22)7-6-12-24-15-10-8-14(23-3)9-11-15/h8-11,13H,4-7,12H2,1-3H3,(H,19,21,22). The highest BCUT2D eigenvalue weighted by Crippen LogP contribution is 2.28. The zero-order valence-electron chi connectivity index (χ0n) is 14.9. The first-order valence-corrected chi connectivity index (χ1v) is 9.38. The van der Waals surface area contributed by atoms with Gasteiger partial charge in [-0.15, -0.1) is 10.2 Å². The van der Waals surface area contributed by atoms with Gasteiger partial charge >= 0.3 is 0 Å². The van der Waals surface area contributed by atoms with Gasteiger partial charge in [-0.3, -0.25) is 4.79 Å². The Kier molecular flexibility index (Phi) is 7.66. The van der Waals surface area contributed by atoms with Gasteiger partial charge in [0.2, 0.25) is 11.0 Å². The third-order valence-electron chi connectivity index (χ3n) is 3.90. The average molecular weight is 363 g/mol. The molecule has 1 heterocycles. The van der Waals surface area contributed by atoms with E-state index in [0.29, 0.717) is 30.5 Å². The molecule has 0 aliphatic carbocycles. The van der Waals surface area contributed by atoms with Crippen molar-refractivity contribution in [2.45, 2.75) is 45.4 Å². The summed E-state index contributed by atoms with van der Waals surface area (Å²) in [6, 6.07) is 7.38. The fourth-order valence-electron chi connectivity index (χ4n) is 2.36. The lowest BCUT2D eigenvalue weighted by molar-refractivity contribution is -0.116. The van der Waals surface area contributed by atoms with Gasteiger partial charge in [0.1, 0.15) is 16.5 Å². The van der Waals surface area contributed by atoms with E-state index >= 15 is 0 Å². The number of hydrogen-bond acceptors (Lipinski definition) is 6. The summed E-state index contributed by atoms with van der Waals surface area (Å²) in [5, 5.41) is 12.6. The molecule has 136 valence electrons. The fraction of sp³-hybridized carbons (Fsp3) is 0.500. The van der Waals surface area contributed by atoms with Crippen LogP contribution in [0.15, 0.2) is 24.3 Å². The minimum Gasteiger partial charge on any atom is -0.497 e. The van der Waals surface area contributed by atoms with Crippen LogP contribution in [0, 0.1) is 0 Å². The summed E-state index contributed by atoms with van der Waals surface area (Å²) in [5.74, 6) is 1.91. The van der Waals surface area contributed by atoms with Gasteiger partial charge in [0, 0.05) is 12.3 Å². The van der Waals surface area contributed by atoms with Crippen molar-refractivity contribution in [1.29, 1.82) is 0 Å². The highest BCUT2D eigenvalue weighted by Gasteiger charge is 2.14. The van der Waals surface area contributed by atoms with Gasteiger partial charge in [-0.2, -0.15) is 0 Å². The minimum atomic E-state index is -0.0643. The molecule has 0 saturated carbocycles. The molecule has 1 aromatic heterocycles. The number of rotatable bonds is 10. The molecule has 0 unspecified atom stereocenters. The number of methoxy groups -OCH3 is 1. The summed E-state index contributed by atoms with van der Waals surface area (Å²) >= 11 is 1.46. The Labute approximate surface area is 152 Å². The van der Waals surface area contributed by atoms with E-state index in [9.17, 15) is 4.79 Å². The normalized spacial score (nSPS) is 10.7. The maximum absolute atomic E-state index is 12.0. The second-order valence-corrected chi connectivity index (χ2v) is 6.64. The highest BCUT2D eigenvalue weighted by atomic mass is 32.1. The minimum absolute atomic E-state index is 0.0643. The van der Waals surface area contributed by atoms with Crippen LogP contribution in [0.4, 0.5) is 5.13 Å². The first-order chi connectivity index (χ1) is 12.2. The van der Waals surface area contributed by atoms with Gasteiger partial charge in [0.05, 0.1) is 13.7 Å². The van der Waals surface area contributed by atoms with Gasteiger partial charge in [-0.05, 0) is 43.5 Å². The van der Waals surface area contributed by atoms with Crippen LogP contribution in [0.1, 0.15) is 50.5 Å². The second-order valence-electron chi connectivity index (χ2n) is 5.63. The highest BCUT2D eigenvalue weighted by molar-refractivity contribution is 7.15. The third kappa shape index (κ3) is 6.01. The van der Waals surface area contributed by atoms with Crippen LogP contribution >= 0.6 is 11.3 Å². The Balaban J connectivity index is 1.70. The third-order valence-corrected chi connectivity index (χ3v) is 4.90. The lowest BCUT2D eigenvalue weighted by atomic mass is 10.1. The molecule has 2 rings (SSSR count). The fourth-order valence-corrected chi connectivity index (χ4v) is 3.39. The van der Waals surface area contributed by atoms with E-state index in [4.69, 9.17) is 9.47 Å². The number of amides is 1. The molecule has 1 N–H and O–H groups in total. The Bertz CT molecular complexity index is 654. The summed E-state index contributed by atoms with van der Waals surface area (Å²) < 4.78 is 10.7. The molecule has 7 heteroatoms. The van der Waals surface area contributed by atoms with Crippen LogP contribution in [0.25, 0.3) is 0 Å². The molecule has 1 aromatic carbocycles. The van der Waals surface area contributed by atoms with Crippen molar-refractivity contribution >= 4 is 22.4 Å². The van der Waals surface area contributed by atoms with Crippen molar-refractivity contribution in [3.8, 4) is 11.5 Å². The van der Waals surface area contributed by atoms with Gasteiger partial charge in [-0.1, -0.05) is 25.2 Å². The van der Waals surface area contributed by atoms with E-state index in [0.717, 1.165) is 29.3 Å². The molecule has 2 aromatic rings. The van der Waals surface area contributed by atoms with Crippen molar-refractivity contribution < 1.29 is 14.3 Å². The number of carbonyl (C=O) groups is 1. The van der Waals surface area contributed by atoms with E-state index in [1.165, 1.54) is 11.3 Å². The van der Waals surface area contributed by atoms with Crippen LogP contribution in [0.5, 0.6) is 11.5 Å². The molecule has 0 fully saturated rings. The predicted molar refractivity (Wildman–Crippen MR) is 99.6 cm³/mol. The molecule has 0 saturated heterocycles. The molecule has 0 radical (unpaired) electrons. The van der Waals surface area contributed by atoms with E-state index in [1.54, 1.807) is 7.11 Å². The van der Waals surface area contributed by atoms with Crippen molar-refractivity contribution in [1.82, 2.24) is 10.2 Å². The molecule has 0 atom stereocenters. The Hall–Kier alpha value is -2.15. The topological polar surface area (TPSA) is 73.3 Å². The smallest absolute Gasteiger partial charge is 0.226 e. The number of nitrogens with one attached hydrogen (secondary N) is 1. The lowest BCUT2D eigenvalue weighted by Gasteiger charge is -2.07. The quantitative estimate of drug-likeness (QED) is 0.639. The van der Waals surface area contributed by atoms with Crippen LogP contribution in [-0.2, 0) is 4.79 Å². The van der Waals surface area contributed by atoms with Crippen LogP contribution in [0.3, 0.4) is 0 Å². The Morgan fingerprint density at radius 1 is 1.16 bits per heavy atom. The number of ether oxygens (including phenoxy) is 2. The largest absolute Gasteiger partial charge is 0.497 e. The van der Waals surface area contributed by atoms with Crippen LogP contribution in [0.2, 0.25) is 0 Å².